The maximum Gasteiger partial charge on any atom is 0.341 e. The minimum absolute atomic E-state index is 0.234. The molecule has 1 aromatic heterocycles. The van der Waals surface area contributed by atoms with Crippen LogP contribution in [0.5, 0.6) is 0 Å². The first kappa shape index (κ1) is 23.4. The molecule has 1 aromatic carbocycles. The fraction of sp³-hybridized carbons (Fsp3) is 0.333. The zero-order valence-electron chi connectivity index (χ0n) is 18.4. The van der Waals surface area contributed by atoms with Gasteiger partial charge in [0.15, 0.2) is 0 Å². The number of rotatable bonds is 6. The van der Waals surface area contributed by atoms with Crippen LogP contribution >= 0.6 is 11.3 Å². The maximum atomic E-state index is 12.5. The lowest BCUT2D eigenvalue weighted by atomic mass is 9.88. The number of esters is 1. The van der Waals surface area contributed by atoms with E-state index in [0.717, 1.165) is 40.8 Å². The molecule has 0 saturated carbocycles. The first-order valence-electron chi connectivity index (χ1n) is 10.6. The largest absolute Gasteiger partial charge is 0.462 e. The normalized spacial score (nSPS) is 15.8. The molecule has 1 heterocycles. The number of anilines is 1. The molecule has 2 aromatic rings. The van der Waals surface area contributed by atoms with E-state index >= 15 is 0 Å². The second-order valence-corrected chi connectivity index (χ2v) is 8.83. The minimum atomic E-state index is -0.914. The van der Waals surface area contributed by atoms with Crippen LogP contribution in [0.4, 0.5) is 5.00 Å². The number of allylic oxidation sites excluding steroid dienone is 1. The van der Waals surface area contributed by atoms with Gasteiger partial charge in [-0.15, -0.1) is 11.3 Å². The molecule has 0 radical (unpaired) electrons. The molecule has 8 heteroatoms. The summed E-state index contributed by atoms with van der Waals surface area (Å²) in [4.78, 5) is 38.2. The standard InChI is InChI=1S/C24H27N3O4S/c1-4-31-24(30)20-18-11-10-15(2)13-19(18)32-23(20)26-21(28)22(29)27-25-14-16(3)12-17-8-6-5-7-9-17/h5-9,12,14-15H,4,10-11,13H2,1-3H3,(H,26,28)(H,27,29)/b16-12-,25-14-/t15-/m1/s1. The number of amides is 2. The van der Waals surface area contributed by atoms with Crippen LogP contribution in [-0.4, -0.2) is 30.6 Å². The highest BCUT2D eigenvalue weighted by atomic mass is 32.1. The van der Waals surface area contributed by atoms with Crippen LogP contribution in [0.1, 0.15) is 53.6 Å². The number of carbonyl (C=O) groups is 3. The average Bonchev–Trinajstić information content (AvgIpc) is 3.11. The lowest BCUT2D eigenvalue weighted by molar-refractivity contribution is -0.136. The predicted octanol–water partition coefficient (Wildman–Crippen LogP) is 4.19. The zero-order chi connectivity index (χ0) is 23.1. The molecule has 3 rings (SSSR count). The van der Waals surface area contributed by atoms with Gasteiger partial charge >= 0.3 is 17.8 Å². The van der Waals surface area contributed by atoms with Crippen LogP contribution < -0.4 is 10.7 Å². The number of fused-ring (bicyclic) bond motifs is 1. The summed E-state index contributed by atoms with van der Waals surface area (Å²) in [5.74, 6) is -1.77. The van der Waals surface area contributed by atoms with Crippen LogP contribution in [0.15, 0.2) is 41.0 Å². The van der Waals surface area contributed by atoms with E-state index in [1.54, 1.807) is 6.92 Å². The van der Waals surface area contributed by atoms with E-state index in [-0.39, 0.29) is 6.61 Å². The Bertz CT molecular complexity index is 1060. The summed E-state index contributed by atoms with van der Waals surface area (Å²) in [6, 6.07) is 9.68. The van der Waals surface area contributed by atoms with E-state index < -0.39 is 17.8 Å². The van der Waals surface area contributed by atoms with Gasteiger partial charge in [0.25, 0.3) is 0 Å². The summed E-state index contributed by atoms with van der Waals surface area (Å²) < 4.78 is 5.19. The lowest BCUT2D eigenvalue weighted by Gasteiger charge is -2.18. The first-order chi connectivity index (χ1) is 15.4. The van der Waals surface area contributed by atoms with Crippen molar-refractivity contribution in [1.82, 2.24) is 5.43 Å². The van der Waals surface area contributed by atoms with E-state index in [4.69, 9.17) is 4.74 Å². The van der Waals surface area contributed by atoms with Gasteiger partial charge in [0.05, 0.1) is 18.4 Å². The molecule has 0 aliphatic heterocycles. The third kappa shape index (κ3) is 5.91. The number of hydrogen-bond donors (Lipinski definition) is 2. The fourth-order valence-electron chi connectivity index (χ4n) is 3.51. The summed E-state index contributed by atoms with van der Waals surface area (Å²) in [7, 11) is 0. The van der Waals surface area contributed by atoms with Crippen molar-refractivity contribution < 1.29 is 19.1 Å². The van der Waals surface area contributed by atoms with Crippen molar-refractivity contribution in [3.05, 3.63) is 57.5 Å². The topological polar surface area (TPSA) is 96.9 Å². The molecule has 0 fully saturated rings. The van der Waals surface area contributed by atoms with Crippen LogP contribution in [0, 0.1) is 5.92 Å². The molecule has 1 aliphatic rings. The van der Waals surface area contributed by atoms with E-state index in [1.807, 2.05) is 43.3 Å². The van der Waals surface area contributed by atoms with Gasteiger partial charge in [-0.2, -0.15) is 5.10 Å². The smallest absolute Gasteiger partial charge is 0.341 e. The molecular formula is C24H27N3O4S. The Labute approximate surface area is 191 Å². The maximum absolute atomic E-state index is 12.5. The molecule has 0 spiro atoms. The van der Waals surface area contributed by atoms with Gasteiger partial charge in [0, 0.05) is 4.88 Å². The fourth-order valence-corrected chi connectivity index (χ4v) is 4.90. The number of nitrogens with zero attached hydrogens (tertiary/aromatic N) is 1. The highest BCUT2D eigenvalue weighted by molar-refractivity contribution is 7.17. The molecule has 2 N–H and O–H groups in total. The SMILES string of the molecule is CCOC(=O)c1c(NC(=O)C(=O)N/N=C\C(C)=C/c2ccccc2)sc2c1CC[C@@H](C)C2. The third-order valence-corrected chi connectivity index (χ3v) is 6.22. The van der Waals surface area contributed by atoms with Gasteiger partial charge in [-0.05, 0) is 55.7 Å². The molecule has 32 heavy (non-hydrogen) atoms. The van der Waals surface area contributed by atoms with Crippen molar-refractivity contribution in [2.75, 3.05) is 11.9 Å². The van der Waals surface area contributed by atoms with Gasteiger partial charge in [0.2, 0.25) is 0 Å². The van der Waals surface area contributed by atoms with Crippen molar-refractivity contribution in [2.45, 2.75) is 40.0 Å². The van der Waals surface area contributed by atoms with Gasteiger partial charge in [-0.3, -0.25) is 9.59 Å². The van der Waals surface area contributed by atoms with E-state index in [2.05, 4.69) is 22.8 Å². The Balaban J connectivity index is 1.67. The van der Waals surface area contributed by atoms with E-state index in [9.17, 15) is 14.4 Å². The summed E-state index contributed by atoms with van der Waals surface area (Å²) >= 11 is 1.34. The molecule has 7 nitrogen and oxygen atoms in total. The molecule has 2 amide bonds. The van der Waals surface area contributed by atoms with Crippen molar-refractivity contribution in [1.29, 1.82) is 0 Å². The van der Waals surface area contributed by atoms with Gasteiger partial charge in [-0.25, -0.2) is 10.2 Å². The van der Waals surface area contributed by atoms with Gasteiger partial charge < -0.3 is 10.1 Å². The molecule has 1 atom stereocenters. The number of benzene rings is 1. The zero-order valence-corrected chi connectivity index (χ0v) is 19.3. The van der Waals surface area contributed by atoms with Crippen molar-refractivity contribution in [2.24, 2.45) is 11.0 Å². The van der Waals surface area contributed by atoms with E-state index in [0.29, 0.717) is 16.5 Å². The Morgan fingerprint density at radius 3 is 2.69 bits per heavy atom. The molecule has 0 bridgehead atoms. The minimum Gasteiger partial charge on any atom is -0.462 e. The van der Waals surface area contributed by atoms with Crippen LogP contribution in [0.2, 0.25) is 0 Å². The number of hydrogen-bond acceptors (Lipinski definition) is 6. The number of carbonyl (C=O) groups excluding carboxylic acids is 3. The van der Waals surface area contributed by atoms with Crippen molar-refractivity contribution >= 4 is 46.4 Å². The van der Waals surface area contributed by atoms with Crippen LogP contribution in [0.25, 0.3) is 6.08 Å². The van der Waals surface area contributed by atoms with Crippen molar-refractivity contribution in [3.63, 3.8) is 0 Å². The summed E-state index contributed by atoms with van der Waals surface area (Å²) in [6.45, 7) is 5.96. The van der Waals surface area contributed by atoms with Gasteiger partial charge in [-0.1, -0.05) is 43.3 Å². The molecule has 0 saturated heterocycles. The molecular weight excluding hydrogens is 426 g/mol. The van der Waals surface area contributed by atoms with Crippen molar-refractivity contribution in [3.8, 4) is 0 Å². The van der Waals surface area contributed by atoms with E-state index in [1.165, 1.54) is 17.6 Å². The highest BCUT2D eigenvalue weighted by Crippen LogP contribution is 2.40. The molecule has 1 aliphatic carbocycles. The third-order valence-electron chi connectivity index (χ3n) is 5.05. The second kappa shape index (κ2) is 10.9. The van der Waals surface area contributed by atoms with Crippen LogP contribution in [-0.2, 0) is 27.2 Å². The number of hydrazone groups is 1. The van der Waals surface area contributed by atoms with Crippen LogP contribution in [0.3, 0.4) is 0 Å². The number of nitrogens with one attached hydrogen (secondary N) is 2. The Morgan fingerprint density at radius 2 is 1.97 bits per heavy atom. The Hall–Kier alpha value is -3.26. The average molecular weight is 454 g/mol. The number of ether oxygens (including phenoxy) is 1. The monoisotopic (exact) mass is 453 g/mol. The first-order valence-corrected chi connectivity index (χ1v) is 11.4. The van der Waals surface area contributed by atoms with Gasteiger partial charge in [0.1, 0.15) is 5.00 Å². The molecule has 0 unspecified atom stereocenters. The Kier molecular flexibility index (Phi) is 7.94. The predicted molar refractivity (Wildman–Crippen MR) is 127 cm³/mol. The second-order valence-electron chi connectivity index (χ2n) is 7.73. The quantitative estimate of drug-likeness (QED) is 0.297. The summed E-state index contributed by atoms with van der Waals surface area (Å²) in [5, 5.41) is 6.78. The Morgan fingerprint density at radius 1 is 1.22 bits per heavy atom. The highest BCUT2D eigenvalue weighted by Gasteiger charge is 2.30. The lowest BCUT2D eigenvalue weighted by Crippen LogP contribution is -2.32. The number of thiophene rings is 1. The molecule has 168 valence electrons. The summed E-state index contributed by atoms with van der Waals surface area (Å²) in [5.41, 5.74) is 5.32. The summed E-state index contributed by atoms with van der Waals surface area (Å²) in [6.07, 6.45) is 5.92.